The van der Waals surface area contributed by atoms with Crippen molar-refractivity contribution in [2.45, 2.75) is 17.9 Å². The summed E-state index contributed by atoms with van der Waals surface area (Å²) in [6, 6.07) is 13.1. The standard InChI is InChI=1S/C19H17FN2O4S/c1-12(13-6-8-16(9-7-13)27(2,24)25)21-19(23)18-11-17(22-26-18)14-4-3-5-15(20)10-14/h3-12H,1-2H3,(H,21,23). The van der Waals surface area contributed by atoms with E-state index in [1.807, 2.05) is 0 Å². The van der Waals surface area contributed by atoms with Crippen molar-refractivity contribution >= 4 is 15.7 Å². The summed E-state index contributed by atoms with van der Waals surface area (Å²) in [5, 5.41) is 6.55. The first-order valence-electron chi connectivity index (χ1n) is 8.07. The van der Waals surface area contributed by atoms with E-state index in [1.54, 1.807) is 31.2 Å². The molecule has 6 nitrogen and oxygen atoms in total. The van der Waals surface area contributed by atoms with Crippen LogP contribution in [0.3, 0.4) is 0 Å². The van der Waals surface area contributed by atoms with Gasteiger partial charge in [-0.15, -0.1) is 0 Å². The molecule has 1 aromatic heterocycles. The smallest absolute Gasteiger partial charge is 0.290 e. The predicted molar refractivity (Wildman–Crippen MR) is 97.3 cm³/mol. The van der Waals surface area contributed by atoms with Gasteiger partial charge >= 0.3 is 0 Å². The average molecular weight is 388 g/mol. The summed E-state index contributed by atoms with van der Waals surface area (Å²) >= 11 is 0. The molecule has 1 heterocycles. The minimum Gasteiger partial charge on any atom is -0.350 e. The van der Waals surface area contributed by atoms with Crippen LogP contribution in [0, 0.1) is 5.82 Å². The van der Waals surface area contributed by atoms with Crippen molar-refractivity contribution in [2.24, 2.45) is 0 Å². The number of nitrogens with one attached hydrogen (secondary N) is 1. The molecule has 0 saturated carbocycles. The number of halogens is 1. The predicted octanol–water partition coefficient (Wildman–Crippen LogP) is 3.38. The quantitative estimate of drug-likeness (QED) is 0.724. The Labute approximate surface area is 155 Å². The van der Waals surface area contributed by atoms with Crippen LogP contribution in [0.1, 0.15) is 29.1 Å². The van der Waals surface area contributed by atoms with Crippen molar-refractivity contribution in [3.05, 3.63) is 71.7 Å². The van der Waals surface area contributed by atoms with Gasteiger partial charge in [-0.05, 0) is 36.8 Å². The number of aromatic nitrogens is 1. The van der Waals surface area contributed by atoms with Gasteiger partial charge in [-0.1, -0.05) is 29.4 Å². The summed E-state index contributed by atoms with van der Waals surface area (Å²) in [5.41, 5.74) is 1.59. The number of hydrogen-bond acceptors (Lipinski definition) is 5. The summed E-state index contributed by atoms with van der Waals surface area (Å²) in [6.07, 6.45) is 1.13. The molecule has 1 amide bonds. The SMILES string of the molecule is CC(NC(=O)c1cc(-c2cccc(F)c2)no1)c1ccc(S(C)(=O)=O)cc1. The largest absolute Gasteiger partial charge is 0.350 e. The molecule has 3 rings (SSSR count). The maximum atomic E-state index is 13.3. The van der Waals surface area contributed by atoms with Gasteiger partial charge in [-0.2, -0.15) is 0 Å². The number of nitrogens with zero attached hydrogens (tertiary/aromatic N) is 1. The first-order chi connectivity index (χ1) is 12.7. The number of sulfone groups is 1. The zero-order valence-corrected chi connectivity index (χ0v) is 15.5. The van der Waals surface area contributed by atoms with Crippen LogP contribution in [-0.4, -0.2) is 25.7 Å². The molecule has 0 aliphatic heterocycles. The number of hydrogen-bond donors (Lipinski definition) is 1. The van der Waals surface area contributed by atoms with Gasteiger partial charge < -0.3 is 9.84 Å². The summed E-state index contributed by atoms with van der Waals surface area (Å²) < 4.78 is 41.4. The molecule has 0 radical (unpaired) electrons. The fraction of sp³-hybridized carbons (Fsp3) is 0.158. The molecule has 0 spiro atoms. The molecular formula is C19H17FN2O4S. The molecule has 27 heavy (non-hydrogen) atoms. The van der Waals surface area contributed by atoms with Crippen LogP contribution >= 0.6 is 0 Å². The molecule has 0 fully saturated rings. The van der Waals surface area contributed by atoms with E-state index in [9.17, 15) is 17.6 Å². The Hall–Kier alpha value is -3.00. The fourth-order valence-electron chi connectivity index (χ4n) is 2.52. The molecular weight excluding hydrogens is 371 g/mol. The highest BCUT2D eigenvalue weighted by Gasteiger charge is 2.17. The molecule has 0 saturated heterocycles. The van der Waals surface area contributed by atoms with Gasteiger partial charge in [0.2, 0.25) is 5.76 Å². The van der Waals surface area contributed by atoms with Crippen molar-refractivity contribution in [3.8, 4) is 11.3 Å². The topological polar surface area (TPSA) is 89.3 Å². The highest BCUT2D eigenvalue weighted by Crippen LogP contribution is 2.21. The molecule has 0 bridgehead atoms. The van der Waals surface area contributed by atoms with Crippen molar-refractivity contribution in [3.63, 3.8) is 0 Å². The van der Waals surface area contributed by atoms with E-state index in [2.05, 4.69) is 10.5 Å². The second-order valence-electron chi connectivity index (χ2n) is 6.12. The first-order valence-corrected chi connectivity index (χ1v) is 9.97. The van der Waals surface area contributed by atoms with Gasteiger partial charge in [0.1, 0.15) is 11.5 Å². The van der Waals surface area contributed by atoms with Crippen LogP contribution in [0.5, 0.6) is 0 Å². The van der Waals surface area contributed by atoms with Crippen LogP contribution in [0.25, 0.3) is 11.3 Å². The van der Waals surface area contributed by atoms with Crippen molar-refractivity contribution < 1.29 is 22.1 Å². The molecule has 2 aromatic carbocycles. The average Bonchev–Trinajstić information content (AvgIpc) is 3.11. The zero-order valence-electron chi connectivity index (χ0n) is 14.6. The Kier molecular flexibility index (Phi) is 5.09. The van der Waals surface area contributed by atoms with Gasteiger partial charge in [0, 0.05) is 17.9 Å². The Bertz CT molecular complexity index is 1080. The van der Waals surface area contributed by atoms with Gasteiger partial charge in [-0.25, -0.2) is 12.8 Å². The van der Waals surface area contributed by atoms with Crippen LogP contribution in [0.15, 0.2) is 64.0 Å². The maximum Gasteiger partial charge on any atom is 0.290 e. The second kappa shape index (κ2) is 7.32. The molecule has 8 heteroatoms. The van der Waals surface area contributed by atoms with Crippen LogP contribution in [0.2, 0.25) is 0 Å². The van der Waals surface area contributed by atoms with Gasteiger partial charge in [-0.3, -0.25) is 4.79 Å². The molecule has 0 aliphatic rings. The maximum absolute atomic E-state index is 13.3. The lowest BCUT2D eigenvalue weighted by Crippen LogP contribution is -2.26. The lowest BCUT2D eigenvalue weighted by Gasteiger charge is -2.13. The normalized spacial score (nSPS) is 12.6. The van der Waals surface area contributed by atoms with Gasteiger partial charge in [0.05, 0.1) is 10.9 Å². The molecule has 3 aromatic rings. The van der Waals surface area contributed by atoms with E-state index >= 15 is 0 Å². The highest BCUT2D eigenvalue weighted by molar-refractivity contribution is 7.90. The van der Waals surface area contributed by atoms with Crippen molar-refractivity contribution in [1.29, 1.82) is 0 Å². The van der Waals surface area contributed by atoms with E-state index in [0.717, 1.165) is 11.8 Å². The van der Waals surface area contributed by atoms with E-state index in [-0.39, 0.29) is 16.7 Å². The summed E-state index contributed by atoms with van der Waals surface area (Å²) in [5.74, 6) is -0.897. The molecule has 140 valence electrons. The van der Waals surface area contributed by atoms with E-state index in [4.69, 9.17) is 4.52 Å². The molecule has 1 unspecified atom stereocenters. The lowest BCUT2D eigenvalue weighted by molar-refractivity contribution is 0.0902. The minimum absolute atomic E-state index is 0.00568. The second-order valence-corrected chi connectivity index (χ2v) is 8.14. The van der Waals surface area contributed by atoms with E-state index in [0.29, 0.717) is 11.3 Å². The Morgan fingerprint density at radius 3 is 2.48 bits per heavy atom. The minimum atomic E-state index is -3.28. The van der Waals surface area contributed by atoms with Crippen LogP contribution in [-0.2, 0) is 9.84 Å². The van der Waals surface area contributed by atoms with Crippen LogP contribution < -0.4 is 5.32 Å². The van der Waals surface area contributed by atoms with Crippen LogP contribution in [0.4, 0.5) is 4.39 Å². The third kappa shape index (κ3) is 4.40. The highest BCUT2D eigenvalue weighted by atomic mass is 32.2. The van der Waals surface area contributed by atoms with Crippen molar-refractivity contribution in [1.82, 2.24) is 10.5 Å². The number of carbonyl (C=O) groups excluding carboxylic acids is 1. The number of rotatable bonds is 5. The lowest BCUT2D eigenvalue weighted by atomic mass is 10.1. The third-order valence-corrected chi connectivity index (χ3v) is 5.14. The van der Waals surface area contributed by atoms with E-state index in [1.165, 1.54) is 30.3 Å². The summed E-state index contributed by atoms with van der Waals surface area (Å²) in [7, 11) is -3.28. The molecule has 1 N–H and O–H groups in total. The third-order valence-electron chi connectivity index (χ3n) is 4.01. The fourth-order valence-corrected chi connectivity index (χ4v) is 3.15. The first kappa shape index (κ1) is 18.8. The number of benzene rings is 2. The number of amides is 1. The van der Waals surface area contributed by atoms with E-state index < -0.39 is 21.6 Å². The summed E-state index contributed by atoms with van der Waals surface area (Å²) in [6.45, 7) is 1.76. The molecule has 0 aliphatic carbocycles. The van der Waals surface area contributed by atoms with Gasteiger partial charge in [0.25, 0.3) is 5.91 Å². The monoisotopic (exact) mass is 388 g/mol. The summed E-state index contributed by atoms with van der Waals surface area (Å²) in [4.78, 5) is 12.6. The Morgan fingerprint density at radius 2 is 1.85 bits per heavy atom. The molecule has 1 atom stereocenters. The van der Waals surface area contributed by atoms with Crippen molar-refractivity contribution in [2.75, 3.05) is 6.26 Å². The van der Waals surface area contributed by atoms with Gasteiger partial charge in [0.15, 0.2) is 9.84 Å². The Morgan fingerprint density at radius 1 is 1.15 bits per heavy atom. The zero-order chi connectivity index (χ0) is 19.6. The Balaban J connectivity index is 1.72. The number of carbonyl (C=O) groups is 1.